The molecule has 0 aromatic heterocycles. The molecule has 5 heteroatoms. The number of benzene rings is 5. The molecule has 5 nitrogen and oxygen atoms in total. The summed E-state index contributed by atoms with van der Waals surface area (Å²) in [5.74, 6) is 0.758. The largest absolute Gasteiger partial charge is 0.465 e. The molecule has 0 aliphatic carbocycles. The number of hydrogen-bond donors (Lipinski definition) is 0. The Morgan fingerprint density at radius 2 is 1.14 bits per heavy atom. The molecule has 0 amide bonds. The van der Waals surface area contributed by atoms with Gasteiger partial charge >= 0.3 is 0 Å². The van der Waals surface area contributed by atoms with Crippen LogP contribution in [0.3, 0.4) is 0 Å². The Kier molecular flexibility index (Phi) is 9.55. The van der Waals surface area contributed by atoms with Crippen LogP contribution in [0.25, 0.3) is 10.8 Å². The summed E-state index contributed by atoms with van der Waals surface area (Å²) in [5.41, 5.74) is 3.31. The van der Waals surface area contributed by atoms with Crippen LogP contribution in [-0.4, -0.2) is 31.2 Å². The van der Waals surface area contributed by atoms with Crippen LogP contribution in [-0.2, 0) is 38.8 Å². The van der Waals surface area contributed by atoms with Crippen LogP contribution in [0.5, 0.6) is 5.75 Å². The predicted octanol–water partition coefficient (Wildman–Crippen LogP) is 7.72. The Balaban J connectivity index is 1.22. The van der Waals surface area contributed by atoms with E-state index in [0.717, 1.165) is 27.8 Å². The molecule has 1 aliphatic rings. The summed E-state index contributed by atoms with van der Waals surface area (Å²) in [6.45, 7) is 1.75. The normalized spacial score (nSPS) is 20.4. The first-order valence-corrected chi connectivity index (χ1v) is 14.5. The van der Waals surface area contributed by atoms with Gasteiger partial charge in [0.2, 0.25) is 6.29 Å². The van der Waals surface area contributed by atoms with E-state index in [0.29, 0.717) is 32.8 Å². The molecule has 0 spiro atoms. The van der Waals surface area contributed by atoms with Crippen molar-refractivity contribution in [3.63, 3.8) is 0 Å². The van der Waals surface area contributed by atoms with Gasteiger partial charge in [0, 0.05) is 6.42 Å². The maximum atomic E-state index is 6.57. The van der Waals surface area contributed by atoms with Crippen molar-refractivity contribution in [2.75, 3.05) is 6.61 Å². The van der Waals surface area contributed by atoms with E-state index in [4.69, 9.17) is 23.7 Å². The number of rotatable bonds is 12. The van der Waals surface area contributed by atoms with Gasteiger partial charge in [0.15, 0.2) is 0 Å². The van der Waals surface area contributed by atoms with Gasteiger partial charge in [-0.15, -0.1) is 0 Å². The van der Waals surface area contributed by atoms with Crippen molar-refractivity contribution in [3.05, 3.63) is 150 Å². The zero-order valence-electron chi connectivity index (χ0n) is 23.6. The van der Waals surface area contributed by atoms with Crippen LogP contribution in [0.1, 0.15) is 23.1 Å². The molecule has 6 rings (SSSR count). The van der Waals surface area contributed by atoms with Gasteiger partial charge in [-0.25, -0.2) is 0 Å². The molecule has 0 N–H and O–H groups in total. The van der Waals surface area contributed by atoms with Crippen molar-refractivity contribution < 1.29 is 23.7 Å². The highest BCUT2D eigenvalue weighted by atomic mass is 16.7. The molecule has 214 valence electrons. The molecular formula is C37H36O5. The van der Waals surface area contributed by atoms with Gasteiger partial charge in [0.25, 0.3) is 0 Å². The summed E-state index contributed by atoms with van der Waals surface area (Å²) in [4.78, 5) is 0. The molecule has 0 radical (unpaired) electrons. The van der Waals surface area contributed by atoms with E-state index < -0.39 is 12.4 Å². The first-order valence-electron chi connectivity index (χ1n) is 14.5. The lowest BCUT2D eigenvalue weighted by atomic mass is 10.0. The zero-order chi connectivity index (χ0) is 28.4. The van der Waals surface area contributed by atoms with Crippen LogP contribution in [0, 0.1) is 0 Å². The fourth-order valence-corrected chi connectivity index (χ4v) is 5.28. The minimum atomic E-state index is -0.520. The van der Waals surface area contributed by atoms with Crippen LogP contribution in [0.2, 0.25) is 0 Å². The molecule has 0 bridgehead atoms. The van der Waals surface area contributed by atoms with Crippen molar-refractivity contribution in [1.29, 1.82) is 0 Å². The third-order valence-electron chi connectivity index (χ3n) is 7.46. The standard InChI is InChI=1S/C37H36O5/c1-4-12-28(13-5-1)24-38-27-35-37(40-26-30-16-8-3-9-17-30)34(39-25-29-14-6-2-7-15-29)23-36(42-35)41-33-21-20-31-18-10-11-19-32(31)22-33/h1-22,34-37H,23-27H2/t34-,35-,36+,37-/m1/s1. The summed E-state index contributed by atoms with van der Waals surface area (Å²) < 4.78 is 32.3. The number of hydrogen-bond acceptors (Lipinski definition) is 5. The second-order valence-electron chi connectivity index (χ2n) is 10.6. The second kappa shape index (κ2) is 14.3. The lowest BCUT2D eigenvalue weighted by molar-refractivity contribution is -0.257. The molecule has 0 saturated carbocycles. The zero-order valence-corrected chi connectivity index (χ0v) is 23.6. The van der Waals surface area contributed by atoms with Gasteiger partial charge in [-0.05, 0) is 39.6 Å². The highest BCUT2D eigenvalue weighted by molar-refractivity contribution is 5.83. The molecule has 1 saturated heterocycles. The van der Waals surface area contributed by atoms with Crippen LogP contribution in [0.15, 0.2) is 133 Å². The summed E-state index contributed by atoms with van der Waals surface area (Å²) in [6.07, 6.45) is -1.00. The minimum Gasteiger partial charge on any atom is -0.465 e. The third kappa shape index (κ3) is 7.64. The lowest BCUT2D eigenvalue weighted by Crippen LogP contribution is -2.53. The van der Waals surface area contributed by atoms with Gasteiger partial charge in [-0.3, -0.25) is 0 Å². The van der Waals surface area contributed by atoms with Crippen LogP contribution >= 0.6 is 0 Å². The maximum Gasteiger partial charge on any atom is 0.202 e. The summed E-state index contributed by atoms with van der Waals surface area (Å²) in [7, 11) is 0. The molecule has 1 aliphatic heterocycles. The summed E-state index contributed by atoms with van der Waals surface area (Å²) in [6, 6.07) is 44.9. The molecule has 4 atom stereocenters. The molecule has 0 unspecified atom stereocenters. The first kappa shape index (κ1) is 28.1. The molecular weight excluding hydrogens is 524 g/mol. The molecule has 1 heterocycles. The van der Waals surface area contributed by atoms with E-state index in [2.05, 4.69) is 60.7 Å². The quantitative estimate of drug-likeness (QED) is 0.156. The fourth-order valence-electron chi connectivity index (χ4n) is 5.28. The number of ether oxygens (including phenoxy) is 5. The predicted molar refractivity (Wildman–Crippen MR) is 164 cm³/mol. The van der Waals surface area contributed by atoms with Gasteiger partial charge < -0.3 is 23.7 Å². The van der Waals surface area contributed by atoms with E-state index >= 15 is 0 Å². The van der Waals surface area contributed by atoms with Gasteiger partial charge in [-0.1, -0.05) is 121 Å². The molecule has 5 aromatic carbocycles. The van der Waals surface area contributed by atoms with Crippen molar-refractivity contribution in [2.45, 2.75) is 50.8 Å². The topological polar surface area (TPSA) is 46.2 Å². The molecule has 5 aromatic rings. The van der Waals surface area contributed by atoms with E-state index in [9.17, 15) is 0 Å². The maximum absolute atomic E-state index is 6.57. The Labute approximate surface area is 247 Å². The monoisotopic (exact) mass is 560 g/mol. The fraction of sp³-hybridized carbons (Fsp3) is 0.243. The smallest absolute Gasteiger partial charge is 0.202 e. The second-order valence-corrected chi connectivity index (χ2v) is 10.6. The Bertz CT molecular complexity index is 1510. The van der Waals surface area contributed by atoms with Gasteiger partial charge in [0.1, 0.15) is 18.0 Å². The van der Waals surface area contributed by atoms with Crippen molar-refractivity contribution in [2.24, 2.45) is 0 Å². The Hall–Kier alpha value is -4.00. The minimum absolute atomic E-state index is 0.265. The van der Waals surface area contributed by atoms with Crippen molar-refractivity contribution >= 4 is 10.8 Å². The van der Waals surface area contributed by atoms with Crippen LogP contribution < -0.4 is 4.74 Å². The highest BCUT2D eigenvalue weighted by Crippen LogP contribution is 2.30. The lowest BCUT2D eigenvalue weighted by Gasteiger charge is -2.41. The highest BCUT2D eigenvalue weighted by Gasteiger charge is 2.41. The Morgan fingerprint density at radius 1 is 0.571 bits per heavy atom. The SMILES string of the molecule is c1ccc(COC[C@H]2O[C@H](Oc3ccc4ccccc4c3)C[C@@H](OCc3ccccc3)[C@H]2OCc2ccccc2)cc1. The average Bonchev–Trinajstić information content (AvgIpc) is 3.05. The van der Waals surface area contributed by atoms with E-state index in [1.807, 2.05) is 72.8 Å². The van der Waals surface area contributed by atoms with Gasteiger partial charge in [-0.2, -0.15) is 0 Å². The summed E-state index contributed by atoms with van der Waals surface area (Å²) in [5, 5.41) is 2.29. The van der Waals surface area contributed by atoms with Crippen molar-refractivity contribution in [1.82, 2.24) is 0 Å². The first-order chi connectivity index (χ1) is 20.8. The van der Waals surface area contributed by atoms with Crippen molar-refractivity contribution in [3.8, 4) is 5.75 Å². The third-order valence-corrected chi connectivity index (χ3v) is 7.46. The average molecular weight is 561 g/mol. The van der Waals surface area contributed by atoms with Crippen LogP contribution in [0.4, 0.5) is 0 Å². The van der Waals surface area contributed by atoms with E-state index in [1.165, 1.54) is 5.39 Å². The number of fused-ring (bicyclic) bond motifs is 1. The molecule has 42 heavy (non-hydrogen) atoms. The van der Waals surface area contributed by atoms with E-state index in [1.54, 1.807) is 0 Å². The summed E-state index contributed by atoms with van der Waals surface area (Å²) >= 11 is 0. The Morgan fingerprint density at radius 3 is 1.81 bits per heavy atom. The van der Waals surface area contributed by atoms with E-state index in [-0.39, 0.29) is 12.2 Å². The van der Waals surface area contributed by atoms with Gasteiger partial charge in [0.05, 0.1) is 32.5 Å². The molecule has 1 fully saturated rings.